The third kappa shape index (κ3) is 3.57. The summed E-state index contributed by atoms with van der Waals surface area (Å²) in [5.74, 6) is -0.920. The fraction of sp³-hybridized carbons (Fsp3) is 0.190. The van der Waals surface area contributed by atoms with Gasteiger partial charge in [-0.25, -0.2) is 9.80 Å². The molecule has 0 N–H and O–H groups in total. The number of rotatable bonds is 4. The van der Waals surface area contributed by atoms with E-state index in [0.29, 0.717) is 24.1 Å². The molecule has 0 saturated heterocycles. The predicted molar refractivity (Wildman–Crippen MR) is 108 cm³/mol. The molecule has 0 saturated carbocycles. The van der Waals surface area contributed by atoms with Gasteiger partial charge in [0.1, 0.15) is 5.58 Å². The molecule has 0 radical (unpaired) electrons. The lowest BCUT2D eigenvalue weighted by Gasteiger charge is -2.11. The second kappa shape index (κ2) is 7.59. The van der Waals surface area contributed by atoms with Gasteiger partial charge in [-0.05, 0) is 30.7 Å². The summed E-state index contributed by atoms with van der Waals surface area (Å²) >= 11 is 3.40. The van der Waals surface area contributed by atoms with E-state index < -0.39 is 5.97 Å². The summed E-state index contributed by atoms with van der Waals surface area (Å²) in [6.45, 7) is 1.87. The molecule has 3 aromatic rings. The van der Waals surface area contributed by atoms with E-state index in [1.165, 1.54) is 5.01 Å². The van der Waals surface area contributed by atoms with Gasteiger partial charge in [0.25, 0.3) is 5.91 Å². The van der Waals surface area contributed by atoms with Gasteiger partial charge in [0, 0.05) is 21.8 Å². The highest BCUT2D eigenvalue weighted by molar-refractivity contribution is 9.10. The number of carbonyl (C=O) groups is 2. The number of furan rings is 1. The zero-order valence-corrected chi connectivity index (χ0v) is 16.7. The van der Waals surface area contributed by atoms with Gasteiger partial charge in [0.15, 0.2) is 6.61 Å². The van der Waals surface area contributed by atoms with Crippen LogP contribution in [0.5, 0.6) is 0 Å². The summed E-state index contributed by atoms with van der Waals surface area (Å²) in [5, 5.41) is 6.52. The van der Waals surface area contributed by atoms with Crippen molar-refractivity contribution in [2.24, 2.45) is 5.10 Å². The molecular formula is C21H17BrN2O4. The predicted octanol–water partition coefficient (Wildman–Crippen LogP) is 4.30. The Balaban J connectivity index is 1.42. The van der Waals surface area contributed by atoms with Gasteiger partial charge < -0.3 is 9.15 Å². The number of amides is 1. The first kappa shape index (κ1) is 18.4. The van der Waals surface area contributed by atoms with Gasteiger partial charge in [0.2, 0.25) is 5.76 Å². The average Bonchev–Trinajstić information content (AvgIpc) is 3.32. The number of carbonyl (C=O) groups excluding carboxylic acids is 2. The molecular weight excluding hydrogens is 424 g/mol. The van der Waals surface area contributed by atoms with Crippen LogP contribution in [0, 0.1) is 6.92 Å². The smallest absolute Gasteiger partial charge is 0.375 e. The number of fused-ring (bicyclic) bond motifs is 1. The zero-order chi connectivity index (χ0) is 19.7. The Morgan fingerprint density at radius 2 is 2.00 bits per heavy atom. The molecule has 0 bridgehead atoms. The number of benzene rings is 2. The van der Waals surface area contributed by atoms with E-state index in [4.69, 9.17) is 9.15 Å². The van der Waals surface area contributed by atoms with Crippen LogP contribution >= 0.6 is 15.9 Å². The second-order valence-corrected chi connectivity index (χ2v) is 7.37. The number of nitrogens with zero attached hydrogens (tertiary/aromatic N) is 2. The van der Waals surface area contributed by atoms with E-state index in [2.05, 4.69) is 21.0 Å². The number of hydrogen-bond acceptors (Lipinski definition) is 5. The van der Waals surface area contributed by atoms with E-state index >= 15 is 0 Å². The van der Waals surface area contributed by atoms with Crippen LogP contribution < -0.4 is 0 Å². The van der Waals surface area contributed by atoms with Crippen molar-refractivity contribution in [3.8, 4) is 0 Å². The molecule has 7 heteroatoms. The lowest BCUT2D eigenvalue weighted by molar-refractivity contribution is -0.134. The molecule has 2 aromatic carbocycles. The van der Waals surface area contributed by atoms with Crippen LogP contribution in [-0.2, 0) is 9.53 Å². The van der Waals surface area contributed by atoms with Crippen molar-refractivity contribution in [1.29, 1.82) is 0 Å². The third-order valence-electron chi connectivity index (χ3n) is 4.61. The van der Waals surface area contributed by atoms with Crippen LogP contribution in [0.25, 0.3) is 11.0 Å². The highest BCUT2D eigenvalue weighted by Crippen LogP contribution is 2.28. The van der Waals surface area contributed by atoms with Crippen LogP contribution in [0.1, 0.15) is 28.1 Å². The van der Waals surface area contributed by atoms with Crippen LogP contribution in [0.2, 0.25) is 0 Å². The van der Waals surface area contributed by atoms with E-state index in [1.807, 2.05) is 42.5 Å². The molecule has 1 aliphatic heterocycles. The molecule has 1 aliphatic rings. The molecule has 0 spiro atoms. The van der Waals surface area contributed by atoms with Gasteiger partial charge in [0.05, 0.1) is 12.3 Å². The highest BCUT2D eigenvalue weighted by Gasteiger charge is 2.24. The minimum atomic E-state index is -0.662. The molecule has 0 atom stereocenters. The van der Waals surface area contributed by atoms with Crippen LogP contribution in [0.15, 0.2) is 62.5 Å². The Kier molecular flexibility index (Phi) is 5.00. The van der Waals surface area contributed by atoms with E-state index in [9.17, 15) is 9.59 Å². The number of hydrazone groups is 1. The maximum Gasteiger partial charge on any atom is 0.375 e. The van der Waals surface area contributed by atoms with Crippen LogP contribution in [0.3, 0.4) is 0 Å². The lowest BCUT2D eigenvalue weighted by Crippen LogP contribution is -2.28. The lowest BCUT2D eigenvalue weighted by atomic mass is 10.1. The van der Waals surface area contributed by atoms with Gasteiger partial charge in [-0.2, -0.15) is 5.10 Å². The van der Waals surface area contributed by atoms with Crippen molar-refractivity contribution < 1.29 is 18.7 Å². The van der Waals surface area contributed by atoms with E-state index in [1.54, 1.807) is 13.0 Å². The summed E-state index contributed by atoms with van der Waals surface area (Å²) in [4.78, 5) is 24.8. The Hall–Kier alpha value is -2.93. The largest absolute Gasteiger partial charge is 0.450 e. The van der Waals surface area contributed by atoms with Crippen molar-refractivity contribution in [3.63, 3.8) is 0 Å². The Bertz CT molecular complexity index is 1090. The summed E-state index contributed by atoms with van der Waals surface area (Å²) in [5.41, 5.74) is 3.10. The van der Waals surface area contributed by atoms with Crippen LogP contribution in [-0.4, -0.2) is 35.7 Å². The van der Waals surface area contributed by atoms with E-state index in [0.717, 1.165) is 21.1 Å². The molecule has 0 fully saturated rings. The molecule has 6 nitrogen and oxygen atoms in total. The monoisotopic (exact) mass is 440 g/mol. The van der Waals surface area contributed by atoms with Gasteiger partial charge in [-0.1, -0.05) is 46.3 Å². The fourth-order valence-corrected chi connectivity index (χ4v) is 3.49. The number of aryl methyl sites for hydroxylation is 1. The first-order valence-electron chi connectivity index (χ1n) is 8.82. The normalized spacial score (nSPS) is 13.6. The van der Waals surface area contributed by atoms with E-state index in [-0.39, 0.29) is 18.3 Å². The minimum Gasteiger partial charge on any atom is -0.450 e. The average molecular weight is 441 g/mol. The number of esters is 1. The van der Waals surface area contributed by atoms with Gasteiger partial charge in [-0.3, -0.25) is 4.79 Å². The number of halogens is 1. The molecule has 0 aliphatic carbocycles. The number of ether oxygens (including phenoxy) is 1. The molecule has 4 rings (SSSR count). The third-order valence-corrected chi connectivity index (χ3v) is 5.10. The summed E-state index contributed by atoms with van der Waals surface area (Å²) < 4.78 is 11.7. The highest BCUT2D eigenvalue weighted by atomic mass is 79.9. The summed E-state index contributed by atoms with van der Waals surface area (Å²) in [6.07, 6.45) is 0.668. The standard InChI is InChI=1S/C21H17BrN2O4/c1-13-16-11-15(22)7-8-18(16)28-20(13)21(26)27-12-19(25)24-10-9-17(23-24)14-5-3-2-4-6-14/h2-8,11H,9-10,12H2,1H3. The molecule has 1 aromatic heterocycles. The molecule has 2 heterocycles. The van der Waals surface area contributed by atoms with Crippen molar-refractivity contribution in [2.45, 2.75) is 13.3 Å². The molecule has 28 heavy (non-hydrogen) atoms. The topological polar surface area (TPSA) is 72.1 Å². The maximum absolute atomic E-state index is 12.4. The first-order valence-corrected chi connectivity index (χ1v) is 9.61. The molecule has 1 amide bonds. The van der Waals surface area contributed by atoms with Gasteiger partial charge >= 0.3 is 5.97 Å². The first-order chi connectivity index (χ1) is 13.5. The molecule has 0 unspecified atom stereocenters. The zero-order valence-electron chi connectivity index (χ0n) is 15.1. The van der Waals surface area contributed by atoms with Gasteiger partial charge in [-0.15, -0.1) is 0 Å². The number of hydrogen-bond donors (Lipinski definition) is 0. The van der Waals surface area contributed by atoms with Crippen molar-refractivity contribution >= 4 is 44.5 Å². The summed E-state index contributed by atoms with van der Waals surface area (Å²) in [6, 6.07) is 15.2. The Morgan fingerprint density at radius 3 is 2.79 bits per heavy atom. The molecule has 142 valence electrons. The minimum absolute atomic E-state index is 0.107. The van der Waals surface area contributed by atoms with Crippen molar-refractivity contribution in [3.05, 3.63) is 69.9 Å². The maximum atomic E-state index is 12.4. The Morgan fingerprint density at radius 1 is 1.21 bits per heavy atom. The van der Waals surface area contributed by atoms with Crippen molar-refractivity contribution in [1.82, 2.24) is 5.01 Å². The summed E-state index contributed by atoms with van der Waals surface area (Å²) in [7, 11) is 0. The Labute approximate surface area is 169 Å². The quantitative estimate of drug-likeness (QED) is 0.567. The fourth-order valence-electron chi connectivity index (χ4n) is 3.13. The SMILES string of the molecule is Cc1c(C(=O)OCC(=O)N2CCC(c3ccccc3)=N2)oc2ccc(Br)cc12. The van der Waals surface area contributed by atoms with Crippen LogP contribution in [0.4, 0.5) is 0 Å². The van der Waals surface area contributed by atoms with Crippen molar-refractivity contribution in [2.75, 3.05) is 13.2 Å². The second-order valence-electron chi connectivity index (χ2n) is 6.45.